The fraction of sp³-hybridized carbons (Fsp3) is 0.917. The molecule has 0 aromatic heterocycles. The molecule has 0 spiro atoms. The Labute approximate surface area is 98.0 Å². The van der Waals surface area contributed by atoms with Crippen LogP contribution in [0.15, 0.2) is 0 Å². The maximum Gasteiger partial charge on any atom is 0.251 e. The summed E-state index contributed by atoms with van der Waals surface area (Å²) in [6.07, 6.45) is 4.67. The Morgan fingerprint density at radius 3 is 2.25 bits per heavy atom. The molecule has 0 unspecified atom stereocenters. The van der Waals surface area contributed by atoms with Crippen molar-refractivity contribution >= 4 is 5.91 Å². The van der Waals surface area contributed by atoms with E-state index in [0.29, 0.717) is 6.54 Å². The van der Waals surface area contributed by atoms with Crippen LogP contribution in [-0.4, -0.2) is 47.7 Å². The number of nitrogens with zero attached hydrogens (tertiary/aromatic N) is 1. The lowest BCUT2D eigenvalue weighted by Gasteiger charge is -2.37. The van der Waals surface area contributed by atoms with Gasteiger partial charge in [0.1, 0.15) is 5.60 Å². The van der Waals surface area contributed by atoms with Crippen LogP contribution in [0.3, 0.4) is 0 Å². The SMILES string of the molecule is CN(C)C1(CNC(=O)C(C)(C)O)CCCC1. The number of hydrogen-bond donors (Lipinski definition) is 2. The maximum absolute atomic E-state index is 11.6. The number of rotatable bonds is 4. The summed E-state index contributed by atoms with van der Waals surface area (Å²) in [6, 6.07) is 0. The summed E-state index contributed by atoms with van der Waals surface area (Å²) in [6.45, 7) is 3.65. The predicted octanol–water partition coefficient (Wildman–Crippen LogP) is 0.748. The van der Waals surface area contributed by atoms with Crippen LogP contribution < -0.4 is 5.32 Å². The lowest BCUT2D eigenvalue weighted by atomic mass is 9.95. The molecule has 4 heteroatoms. The third-order valence-corrected chi connectivity index (χ3v) is 3.62. The summed E-state index contributed by atoms with van der Waals surface area (Å²) in [7, 11) is 4.11. The number of aliphatic hydroxyl groups is 1. The van der Waals surface area contributed by atoms with E-state index in [2.05, 4.69) is 24.3 Å². The van der Waals surface area contributed by atoms with E-state index < -0.39 is 5.60 Å². The smallest absolute Gasteiger partial charge is 0.251 e. The normalized spacial score (nSPS) is 20.1. The fourth-order valence-electron chi connectivity index (χ4n) is 2.28. The molecule has 4 nitrogen and oxygen atoms in total. The first-order valence-electron chi connectivity index (χ1n) is 5.96. The second-order valence-corrected chi connectivity index (χ2v) is 5.57. The van der Waals surface area contributed by atoms with Gasteiger partial charge in [0.2, 0.25) is 0 Å². The van der Waals surface area contributed by atoms with Gasteiger partial charge in [0, 0.05) is 12.1 Å². The van der Waals surface area contributed by atoms with Crippen LogP contribution in [-0.2, 0) is 4.79 Å². The van der Waals surface area contributed by atoms with Gasteiger partial charge in [-0.25, -0.2) is 0 Å². The van der Waals surface area contributed by atoms with Crippen molar-refractivity contribution in [2.45, 2.75) is 50.7 Å². The van der Waals surface area contributed by atoms with Gasteiger partial charge in [0.25, 0.3) is 5.91 Å². The number of amides is 1. The topological polar surface area (TPSA) is 52.6 Å². The molecular weight excluding hydrogens is 204 g/mol. The standard InChI is InChI=1S/C12H24N2O2/c1-11(2,16)10(15)13-9-12(14(3)4)7-5-6-8-12/h16H,5-9H2,1-4H3,(H,13,15). The van der Waals surface area contributed by atoms with Gasteiger partial charge in [-0.1, -0.05) is 12.8 Å². The largest absolute Gasteiger partial charge is 0.381 e. The van der Waals surface area contributed by atoms with Crippen LogP contribution in [0.25, 0.3) is 0 Å². The Morgan fingerprint density at radius 2 is 1.88 bits per heavy atom. The van der Waals surface area contributed by atoms with E-state index in [-0.39, 0.29) is 11.4 Å². The fourth-order valence-corrected chi connectivity index (χ4v) is 2.28. The van der Waals surface area contributed by atoms with Gasteiger partial charge in [-0.2, -0.15) is 0 Å². The summed E-state index contributed by atoms with van der Waals surface area (Å²) in [5.74, 6) is -0.291. The number of likely N-dealkylation sites (N-methyl/N-ethyl adjacent to an activating group) is 1. The van der Waals surface area contributed by atoms with E-state index in [1.807, 2.05) is 0 Å². The second kappa shape index (κ2) is 4.72. The molecule has 1 amide bonds. The average molecular weight is 228 g/mol. The quantitative estimate of drug-likeness (QED) is 0.746. The van der Waals surface area contributed by atoms with Crippen molar-refractivity contribution in [2.75, 3.05) is 20.6 Å². The Bertz CT molecular complexity index is 250. The van der Waals surface area contributed by atoms with Gasteiger partial charge >= 0.3 is 0 Å². The highest BCUT2D eigenvalue weighted by molar-refractivity contribution is 5.83. The van der Waals surface area contributed by atoms with Gasteiger partial charge in [-0.15, -0.1) is 0 Å². The Hall–Kier alpha value is -0.610. The summed E-state index contributed by atoms with van der Waals surface area (Å²) in [4.78, 5) is 13.8. The van der Waals surface area contributed by atoms with Gasteiger partial charge in [-0.05, 0) is 40.8 Å². The van der Waals surface area contributed by atoms with Crippen molar-refractivity contribution in [1.29, 1.82) is 0 Å². The summed E-state index contributed by atoms with van der Waals surface area (Å²) < 4.78 is 0. The molecule has 1 fully saturated rings. The van der Waals surface area contributed by atoms with Crippen LogP contribution >= 0.6 is 0 Å². The van der Waals surface area contributed by atoms with Crippen LogP contribution in [0, 0.1) is 0 Å². The zero-order chi connectivity index (χ0) is 12.4. The monoisotopic (exact) mass is 228 g/mol. The molecule has 0 atom stereocenters. The molecule has 0 aromatic carbocycles. The third kappa shape index (κ3) is 2.95. The Morgan fingerprint density at radius 1 is 1.38 bits per heavy atom. The third-order valence-electron chi connectivity index (χ3n) is 3.62. The van der Waals surface area contributed by atoms with E-state index in [1.54, 1.807) is 0 Å². The molecule has 94 valence electrons. The first kappa shape index (κ1) is 13.5. The van der Waals surface area contributed by atoms with Crippen molar-refractivity contribution in [1.82, 2.24) is 10.2 Å². The van der Waals surface area contributed by atoms with Crippen LogP contribution in [0.2, 0.25) is 0 Å². The van der Waals surface area contributed by atoms with Gasteiger partial charge in [0.05, 0.1) is 0 Å². The van der Waals surface area contributed by atoms with E-state index in [9.17, 15) is 9.90 Å². The Balaban J connectivity index is 2.55. The lowest BCUT2D eigenvalue weighted by Crippen LogP contribution is -2.54. The average Bonchev–Trinajstić information content (AvgIpc) is 2.62. The van der Waals surface area contributed by atoms with Crippen LogP contribution in [0.1, 0.15) is 39.5 Å². The van der Waals surface area contributed by atoms with Crippen molar-refractivity contribution in [3.05, 3.63) is 0 Å². The molecular formula is C12H24N2O2. The van der Waals surface area contributed by atoms with E-state index in [1.165, 1.54) is 26.7 Å². The maximum atomic E-state index is 11.6. The van der Waals surface area contributed by atoms with E-state index >= 15 is 0 Å². The van der Waals surface area contributed by atoms with Crippen molar-refractivity contribution < 1.29 is 9.90 Å². The highest BCUT2D eigenvalue weighted by Crippen LogP contribution is 2.33. The molecule has 0 heterocycles. The molecule has 2 N–H and O–H groups in total. The first-order chi connectivity index (χ1) is 7.28. The van der Waals surface area contributed by atoms with Gasteiger partial charge in [-0.3, -0.25) is 4.79 Å². The first-order valence-corrected chi connectivity index (χ1v) is 5.96. The summed E-state index contributed by atoms with van der Waals surface area (Å²) in [5, 5.41) is 12.4. The van der Waals surface area contributed by atoms with E-state index in [4.69, 9.17) is 0 Å². The lowest BCUT2D eigenvalue weighted by molar-refractivity contribution is -0.137. The summed E-state index contributed by atoms with van der Waals surface area (Å²) in [5.41, 5.74) is -1.20. The second-order valence-electron chi connectivity index (χ2n) is 5.57. The molecule has 0 saturated heterocycles. The Kier molecular flexibility index (Phi) is 3.97. The highest BCUT2D eigenvalue weighted by Gasteiger charge is 2.37. The minimum atomic E-state index is -1.29. The number of hydrogen-bond acceptors (Lipinski definition) is 3. The molecule has 1 saturated carbocycles. The molecule has 0 bridgehead atoms. The zero-order valence-corrected chi connectivity index (χ0v) is 10.8. The minimum absolute atomic E-state index is 0.0842. The molecule has 1 rings (SSSR count). The molecule has 1 aliphatic carbocycles. The summed E-state index contributed by atoms with van der Waals surface area (Å²) >= 11 is 0. The number of nitrogens with one attached hydrogen (secondary N) is 1. The number of carbonyl (C=O) groups is 1. The van der Waals surface area contributed by atoms with Crippen LogP contribution in [0.5, 0.6) is 0 Å². The highest BCUT2D eigenvalue weighted by atomic mass is 16.3. The molecule has 0 aromatic rings. The molecule has 1 aliphatic rings. The van der Waals surface area contributed by atoms with E-state index in [0.717, 1.165) is 12.8 Å². The number of carbonyl (C=O) groups excluding carboxylic acids is 1. The molecule has 0 radical (unpaired) electrons. The van der Waals surface area contributed by atoms with Gasteiger partial charge in [0.15, 0.2) is 0 Å². The van der Waals surface area contributed by atoms with Gasteiger partial charge < -0.3 is 15.3 Å². The molecule has 16 heavy (non-hydrogen) atoms. The van der Waals surface area contributed by atoms with Crippen molar-refractivity contribution in [3.63, 3.8) is 0 Å². The van der Waals surface area contributed by atoms with Crippen LogP contribution in [0.4, 0.5) is 0 Å². The molecule has 0 aliphatic heterocycles. The predicted molar refractivity (Wildman–Crippen MR) is 64.2 cm³/mol. The van der Waals surface area contributed by atoms with Crippen molar-refractivity contribution in [2.24, 2.45) is 0 Å². The zero-order valence-electron chi connectivity index (χ0n) is 10.8. The minimum Gasteiger partial charge on any atom is -0.381 e. The van der Waals surface area contributed by atoms with Crippen molar-refractivity contribution in [3.8, 4) is 0 Å².